The summed E-state index contributed by atoms with van der Waals surface area (Å²) in [7, 11) is 1.34. The zero-order valence-electron chi connectivity index (χ0n) is 11.3. The van der Waals surface area contributed by atoms with Crippen molar-refractivity contribution in [2.75, 3.05) is 20.2 Å². The van der Waals surface area contributed by atoms with Crippen LogP contribution >= 0.6 is 11.6 Å². The average molecular weight is 298 g/mol. The van der Waals surface area contributed by atoms with E-state index in [0.29, 0.717) is 18.1 Å². The molecule has 1 N–H and O–H groups in total. The van der Waals surface area contributed by atoms with E-state index in [0.717, 1.165) is 0 Å². The molecule has 1 heterocycles. The summed E-state index contributed by atoms with van der Waals surface area (Å²) in [6.45, 7) is 2.63. The Hall–Kier alpha value is -1.75. The number of carbonyl (C=O) groups excluding carboxylic acids is 2. The molecule has 1 amide bonds. The number of ether oxygens (including phenoxy) is 1. The lowest BCUT2D eigenvalue weighted by atomic mass is 9.99. The Kier molecular flexibility index (Phi) is 4.18. The van der Waals surface area contributed by atoms with Gasteiger partial charge in [-0.05, 0) is 24.1 Å². The zero-order chi connectivity index (χ0) is 14.9. The third kappa shape index (κ3) is 2.72. The van der Waals surface area contributed by atoms with E-state index in [1.165, 1.54) is 30.2 Å². The maximum absolute atomic E-state index is 12.4. The number of rotatable bonds is 2. The summed E-state index contributed by atoms with van der Waals surface area (Å²) in [5.41, 5.74) is 0.148. The Morgan fingerprint density at radius 1 is 1.40 bits per heavy atom. The number of likely N-dealkylation sites (tertiary alicyclic amines) is 1. The zero-order valence-corrected chi connectivity index (χ0v) is 12.1. The largest absolute Gasteiger partial charge is 0.507 e. The quantitative estimate of drug-likeness (QED) is 0.847. The highest BCUT2D eigenvalue weighted by Crippen LogP contribution is 2.28. The van der Waals surface area contributed by atoms with Gasteiger partial charge in [-0.25, -0.2) is 0 Å². The Morgan fingerprint density at radius 3 is 2.75 bits per heavy atom. The first-order valence-corrected chi connectivity index (χ1v) is 6.67. The molecule has 20 heavy (non-hydrogen) atoms. The van der Waals surface area contributed by atoms with Gasteiger partial charge in [0.15, 0.2) is 0 Å². The molecule has 0 spiro atoms. The number of hydrogen-bond donors (Lipinski definition) is 1. The van der Waals surface area contributed by atoms with Crippen molar-refractivity contribution in [1.82, 2.24) is 4.90 Å². The molecule has 1 aliphatic heterocycles. The predicted octanol–water partition coefficient (Wildman–Crippen LogP) is 1.93. The molecule has 1 aliphatic rings. The van der Waals surface area contributed by atoms with Crippen molar-refractivity contribution >= 4 is 23.5 Å². The van der Waals surface area contributed by atoms with Crippen molar-refractivity contribution in [3.8, 4) is 5.75 Å². The highest BCUT2D eigenvalue weighted by atomic mass is 35.5. The van der Waals surface area contributed by atoms with Crippen molar-refractivity contribution in [3.63, 3.8) is 0 Å². The van der Waals surface area contributed by atoms with Crippen LogP contribution in [0.25, 0.3) is 0 Å². The number of hydrogen-bond acceptors (Lipinski definition) is 4. The van der Waals surface area contributed by atoms with E-state index in [9.17, 15) is 14.7 Å². The van der Waals surface area contributed by atoms with Gasteiger partial charge in [0, 0.05) is 18.1 Å². The molecular weight excluding hydrogens is 282 g/mol. The molecule has 1 aromatic rings. The molecule has 1 aromatic carbocycles. The fourth-order valence-corrected chi connectivity index (χ4v) is 2.61. The second-order valence-electron chi connectivity index (χ2n) is 4.98. The van der Waals surface area contributed by atoms with Crippen LogP contribution < -0.4 is 0 Å². The van der Waals surface area contributed by atoms with Gasteiger partial charge in [-0.2, -0.15) is 0 Å². The van der Waals surface area contributed by atoms with E-state index < -0.39 is 0 Å². The van der Waals surface area contributed by atoms with Crippen LogP contribution in [0.5, 0.6) is 5.75 Å². The van der Waals surface area contributed by atoms with Gasteiger partial charge in [0.2, 0.25) is 0 Å². The van der Waals surface area contributed by atoms with Crippen molar-refractivity contribution in [2.45, 2.75) is 6.92 Å². The molecule has 108 valence electrons. The van der Waals surface area contributed by atoms with Gasteiger partial charge in [-0.1, -0.05) is 18.5 Å². The van der Waals surface area contributed by atoms with Crippen LogP contribution in [0.1, 0.15) is 17.3 Å². The molecule has 1 saturated heterocycles. The molecule has 2 atom stereocenters. The number of nitrogens with zero attached hydrogens (tertiary/aromatic N) is 1. The Labute approximate surface area is 122 Å². The number of phenolic OH excluding ortho intramolecular Hbond substituents is 1. The summed E-state index contributed by atoms with van der Waals surface area (Å²) in [5.74, 6) is -1.07. The first-order valence-electron chi connectivity index (χ1n) is 6.29. The fourth-order valence-electron chi connectivity index (χ4n) is 2.44. The minimum atomic E-state index is -0.330. The molecule has 2 rings (SSSR count). The first-order chi connectivity index (χ1) is 9.43. The van der Waals surface area contributed by atoms with Gasteiger partial charge in [-0.3, -0.25) is 9.59 Å². The SMILES string of the molecule is COC(=O)C1CN(C(=O)c2cc(Cl)ccc2O)CC1C. The lowest BCUT2D eigenvalue weighted by molar-refractivity contribution is -0.146. The topological polar surface area (TPSA) is 66.8 Å². The molecule has 0 aromatic heterocycles. The Balaban J connectivity index is 2.19. The van der Waals surface area contributed by atoms with Gasteiger partial charge < -0.3 is 14.7 Å². The number of benzene rings is 1. The van der Waals surface area contributed by atoms with Crippen molar-refractivity contribution in [3.05, 3.63) is 28.8 Å². The molecule has 0 aliphatic carbocycles. The molecule has 0 bridgehead atoms. The standard InChI is InChI=1S/C14H16ClNO4/c1-8-6-16(7-11(8)14(19)20-2)13(18)10-5-9(15)3-4-12(10)17/h3-5,8,11,17H,6-7H2,1-2H3. The molecule has 1 fully saturated rings. The van der Waals surface area contributed by atoms with Crippen LogP contribution in [0, 0.1) is 11.8 Å². The summed E-state index contributed by atoms with van der Waals surface area (Å²) in [6, 6.07) is 4.32. The monoisotopic (exact) mass is 297 g/mol. The first kappa shape index (κ1) is 14.7. The van der Waals surface area contributed by atoms with Gasteiger partial charge in [0.05, 0.1) is 18.6 Å². The van der Waals surface area contributed by atoms with E-state index in [2.05, 4.69) is 0 Å². The van der Waals surface area contributed by atoms with Crippen molar-refractivity contribution in [1.29, 1.82) is 0 Å². The molecule has 2 unspecified atom stereocenters. The van der Waals surface area contributed by atoms with Gasteiger partial charge in [-0.15, -0.1) is 0 Å². The second kappa shape index (κ2) is 5.71. The number of aromatic hydroxyl groups is 1. The maximum Gasteiger partial charge on any atom is 0.310 e. The summed E-state index contributed by atoms with van der Waals surface area (Å²) in [4.78, 5) is 25.5. The lowest BCUT2D eigenvalue weighted by Crippen LogP contribution is -2.30. The Bertz CT molecular complexity index is 546. The Morgan fingerprint density at radius 2 is 2.10 bits per heavy atom. The van der Waals surface area contributed by atoms with Crippen LogP contribution in [0.15, 0.2) is 18.2 Å². The number of halogens is 1. The van der Waals surface area contributed by atoms with E-state index in [1.807, 2.05) is 6.92 Å². The molecule has 5 nitrogen and oxygen atoms in total. The average Bonchev–Trinajstić information content (AvgIpc) is 2.82. The van der Waals surface area contributed by atoms with E-state index in [4.69, 9.17) is 16.3 Å². The van der Waals surface area contributed by atoms with E-state index in [-0.39, 0.29) is 35.0 Å². The summed E-state index contributed by atoms with van der Waals surface area (Å²) in [5, 5.41) is 10.1. The van der Waals surface area contributed by atoms with E-state index in [1.54, 1.807) is 0 Å². The number of phenols is 1. The number of amides is 1. The third-order valence-electron chi connectivity index (χ3n) is 3.59. The van der Waals surface area contributed by atoms with E-state index >= 15 is 0 Å². The third-order valence-corrected chi connectivity index (χ3v) is 3.83. The van der Waals surface area contributed by atoms with Crippen LogP contribution in [0.4, 0.5) is 0 Å². The molecule has 0 saturated carbocycles. The number of esters is 1. The molecule has 0 radical (unpaired) electrons. The minimum Gasteiger partial charge on any atom is -0.507 e. The van der Waals surface area contributed by atoms with Crippen LogP contribution in [0.3, 0.4) is 0 Å². The number of methoxy groups -OCH3 is 1. The molecule has 6 heteroatoms. The highest BCUT2D eigenvalue weighted by molar-refractivity contribution is 6.31. The summed E-state index contributed by atoms with van der Waals surface area (Å²) < 4.78 is 4.73. The molecular formula is C14H16ClNO4. The second-order valence-corrected chi connectivity index (χ2v) is 5.41. The van der Waals surface area contributed by atoms with Crippen LogP contribution in [0.2, 0.25) is 5.02 Å². The van der Waals surface area contributed by atoms with Gasteiger partial charge >= 0.3 is 5.97 Å². The van der Waals surface area contributed by atoms with Crippen LogP contribution in [-0.2, 0) is 9.53 Å². The minimum absolute atomic E-state index is 0.0210. The predicted molar refractivity (Wildman–Crippen MR) is 73.7 cm³/mol. The summed E-state index contributed by atoms with van der Waals surface area (Å²) in [6.07, 6.45) is 0. The van der Waals surface area contributed by atoms with Gasteiger partial charge in [0.25, 0.3) is 5.91 Å². The number of carbonyl (C=O) groups is 2. The smallest absolute Gasteiger partial charge is 0.310 e. The summed E-state index contributed by atoms with van der Waals surface area (Å²) >= 11 is 5.84. The van der Waals surface area contributed by atoms with Gasteiger partial charge in [0.1, 0.15) is 5.75 Å². The van der Waals surface area contributed by atoms with Crippen LogP contribution in [-0.4, -0.2) is 42.1 Å². The normalized spacial score (nSPS) is 21.9. The van der Waals surface area contributed by atoms with Crippen molar-refractivity contribution < 1.29 is 19.4 Å². The lowest BCUT2D eigenvalue weighted by Gasteiger charge is -2.17. The van der Waals surface area contributed by atoms with Crippen molar-refractivity contribution in [2.24, 2.45) is 11.8 Å². The maximum atomic E-state index is 12.4. The fraction of sp³-hybridized carbons (Fsp3) is 0.429. The highest BCUT2D eigenvalue weighted by Gasteiger charge is 2.38.